The second-order valence-electron chi connectivity index (χ2n) is 6.51. The second-order valence-corrected chi connectivity index (χ2v) is 6.51. The molecule has 0 saturated heterocycles. The predicted octanol–water partition coefficient (Wildman–Crippen LogP) is 3.86. The van der Waals surface area contributed by atoms with Gasteiger partial charge in [0.15, 0.2) is 17.2 Å². The fraction of sp³-hybridized carbons (Fsp3) is 0.130. The number of hydrogen-bond acceptors (Lipinski definition) is 7. The number of hydrogen-bond donors (Lipinski definition) is 0. The monoisotopic (exact) mass is 405 g/mol. The van der Waals surface area contributed by atoms with Gasteiger partial charge in [0.2, 0.25) is 5.90 Å². The number of aryl methyl sites for hydroxylation is 1. The summed E-state index contributed by atoms with van der Waals surface area (Å²) in [5.74, 6) is -1.40. The molecule has 7 heteroatoms. The van der Waals surface area contributed by atoms with Crippen LogP contribution >= 0.6 is 0 Å². The number of esters is 3. The van der Waals surface area contributed by atoms with Crippen molar-refractivity contribution in [3.05, 3.63) is 70.9 Å². The normalized spacial score (nSPS) is 14.6. The van der Waals surface area contributed by atoms with Crippen LogP contribution in [0.1, 0.15) is 30.5 Å². The third-order valence-electron chi connectivity index (χ3n) is 3.91. The lowest BCUT2D eigenvalue weighted by Crippen LogP contribution is -2.07. The minimum Gasteiger partial charge on any atom is -0.423 e. The van der Waals surface area contributed by atoms with Gasteiger partial charge >= 0.3 is 17.9 Å². The summed E-state index contributed by atoms with van der Waals surface area (Å²) in [7, 11) is 0. The molecule has 0 radical (unpaired) electrons. The van der Waals surface area contributed by atoms with E-state index >= 15 is 0 Å². The molecular weight excluding hydrogens is 386 g/mol. The van der Waals surface area contributed by atoms with Crippen LogP contribution in [0, 0.1) is 6.92 Å². The van der Waals surface area contributed by atoms with Crippen LogP contribution in [0.15, 0.2) is 59.2 Å². The first-order valence-corrected chi connectivity index (χ1v) is 9.08. The van der Waals surface area contributed by atoms with Crippen molar-refractivity contribution < 1.29 is 28.6 Å². The highest BCUT2D eigenvalue weighted by atomic mass is 16.6. The average Bonchev–Trinajstić information content (AvgIpc) is 3.02. The molecule has 0 N–H and O–H groups in total. The Morgan fingerprint density at radius 2 is 1.53 bits per heavy atom. The SMILES string of the molecule is CC(=O)Oc1ccc(/C=C2N=C(/C=C/c3ccc(C)cc3)OC\2=O)cc1OC(C)=O. The largest absolute Gasteiger partial charge is 0.423 e. The number of carbonyl (C=O) groups excluding carboxylic acids is 3. The van der Waals surface area contributed by atoms with E-state index in [-0.39, 0.29) is 23.1 Å². The van der Waals surface area contributed by atoms with Gasteiger partial charge in [0.1, 0.15) is 0 Å². The van der Waals surface area contributed by atoms with Crippen LogP contribution in [-0.4, -0.2) is 23.8 Å². The van der Waals surface area contributed by atoms with Gasteiger partial charge in [-0.2, -0.15) is 0 Å². The van der Waals surface area contributed by atoms with E-state index in [1.165, 1.54) is 32.1 Å². The summed E-state index contributed by atoms with van der Waals surface area (Å²) in [6, 6.07) is 12.4. The van der Waals surface area contributed by atoms with Crippen LogP contribution < -0.4 is 9.47 Å². The topological polar surface area (TPSA) is 91.3 Å². The van der Waals surface area contributed by atoms with Gasteiger partial charge in [0.05, 0.1) is 0 Å². The summed E-state index contributed by atoms with van der Waals surface area (Å²) >= 11 is 0. The highest BCUT2D eigenvalue weighted by Gasteiger charge is 2.21. The maximum Gasteiger partial charge on any atom is 0.363 e. The van der Waals surface area contributed by atoms with Crippen LogP contribution in [0.25, 0.3) is 12.2 Å². The summed E-state index contributed by atoms with van der Waals surface area (Å²) < 4.78 is 15.3. The molecular formula is C23H19NO6. The van der Waals surface area contributed by atoms with Gasteiger partial charge in [0, 0.05) is 19.9 Å². The maximum atomic E-state index is 12.1. The van der Waals surface area contributed by atoms with E-state index < -0.39 is 17.9 Å². The van der Waals surface area contributed by atoms with E-state index in [4.69, 9.17) is 14.2 Å². The predicted molar refractivity (Wildman–Crippen MR) is 111 cm³/mol. The van der Waals surface area contributed by atoms with Gasteiger partial charge in [0.25, 0.3) is 0 Å². The second kappa shape index (κ2) is 9.00. The van der Waals surface area contributed by atoms with Crippen LogP contribution in [0.2, 0.25) is 0 Å². The van der Waals surface area contributed by atoms with Gasteiger partial charge in [-0.25, -0.2) is 9.79 Å². The quantitative estimate of drug-likeness (QED) is 0.426. The van der Waals surface area contributed by atoms with Crippen molar-refractivity contribution >= 4 is 36.0 Å². The first-order chi connectivity index (χ1) is 14.3. The molecule has 0 atom stereocenters. The zero-order valence-electron chi connectivity index (χ0n) is 16.7. The van der Waals surface area contributed by atoms with Gasteiger partial charge < -0.3 is 14.2 Å². The lowest BCUT2D eigenvalue weighted by atomic mass is 10.1. The van der Waals surface area contributed by atoms with Crippen LogP contribution in [0.4, 0.5) is 0 Å². The van der Waals surface area contributed by atoms with Crippen molar-refractivity contribution in [2.24, 2.45) is 4.99 Å². The number of nitrogens with zero attached hydrogens (tertiary/aromatic N) is 1. The van der Waals surface area contributed by atoms with Crippen molar-refractivity contribution in [1.82, 2.24) is 0 Å². The molecule has 0 amide bonds. The Balaban J connectivity index is 1.84. The van der Waals surface area contributed by atoms with Gasteiger partial charge in [-0.3, -0.25) is 9.59 Å². The molecule has 2 aromatic rings. The van der Waals surface area contributed by atoms with E-state index in [2.05, 4.69) is 4.99 Å². The molecule has 1 aliphatic heterocycles. The van der Waals surface area contributed by atoms with Gasteiger partial charge in [-0.1, -0.05) is 35.9 Å². The Labute approximate surface area is 173 Å². The van der Waals surface area contributed by atoms with Crippen molar-refractivity contribution in [3.8, 4) is 11.5 Å². The molecule has 0 aromatic heterocycles. The molecule has 2 aromatic carbocycles. The van der Waals surface area contributed by atoms with E-state index in [9.17, 15) is 14.4 Å². The molecule has 7 nitrogen and oxygen atoms in total. The van der Waals surface area contributed by atoms with Crippen molar-refractivity contribution in [3.63, 3.8) is 0 Å². The lowest BCUT2D eigenvalue weighted by molar-refractivity contribution is -0.134. The molecule has 3 rings (SSSR count). The lowest BCUT2D eigenvalue weighted by Gasteiger charge is -2.09. The fourth-order valence-electron chi connectivity index (χ4n) is 2.59. The standard InChI is InChI=1S/C23H19NO6/c1-14-4-6-17(7-5-14)9-11-22-24-19(23(27)30-22)12-18-8-10-20(28-15(2)25)21(13-18)29-16(3)26/h4-13H,1-3H3/b11-9+,19-12-. The van der Waals surface area contributed by atoms with Gasteiger partial charge in [-0.05, 0) is 42.3 Å². The number of aliphatic imine (C=N–C) groups is 1. The Bertz CT molecular complexity index is 1090. The number of ether oxygens (including phenoxy) is 3. The fourth-order valence-corrected chi connectivity index (χ4v) is 2.59. The molecule has 0 saturated carbocycles. The molecule has 0 spiro atoms. The highest BCUT2D eigenvalue weighted by Crippen LogP contribution is 2.30. The minimum absolute atomic E-state index is 0.0573. The number of cyclic esters (lactones) is 1. The first kappa shape index (κ1) is 20.7. The minimum atomic E-state index is -0.600. The Hall–Kier alpha value is -4.00. The number of rotatable bonds is 5. The maximum absolute atomic E-state index is 12.1. The summed E-state index contributed by atoms with van der Waals surface area (Å²) in [6.07, 6.45) is 4.89. The summed E-state index contributed by atoms with van der Waals surface area (Å²) in [4.78, 5) is 38.9. The first-order valence-electron chi connectivity index (χ1n) is 9.08. The van der Waals surface area contributed by atoms with Crippen LogP contribution in [0.5, 0.6) is 11.5 Å². The molecule has 0 aliphatic carbocycles. The summed E-state index contributed by atoms with van der Waals surface area (Å²) in [5.41, 5.74) is 2.70. The molecule has 30 heavy (non-hydrogen) atoms. The molecule has 0 bridgehead atoms. The van der Waals surface area contributed by atoms with Gasteiger partial charge in [-0.15, -0.1) is 0 Å². The van der Waals surface area contributed by atoms with E-state index in [0.29, 0.717) is 5.56 Å². The van der Waals surface area contributed by atoms with Crippen molar-refractivity contribution in [2.75, 3.05) is 0 Å². The van der Waals surface area contributed by atoms with Crippen LogP contribution in [-0.2, 0) is 19.1 Å². The summed E-state index contributed by atoms with van der Waals surface area (Å²) in [6.45, 7) is 4.47. The Morgan fingerprint density at radius 3 is 2.20 bits per heavy atom. The van der Waals surface area contributed by atoms with Crippen molar-refractivity contribution in [2.45, 2.75) is 20.8 Å². The van der Waals surface area contributed by atoms with E-state index in [0.717, 1.165) is 11.1 Å². The zero-order valence-corrected chi connectivity index (χ0v) is 16.7. The molecule has 1 heterocycles. The number of benzene rings is 2. The average molecular weight is 405 g/mol. The zero-order chi connectivity index (χ0) is 21.7. The Kier molecular flexibility index (Phi) is 6.22. The highest BCUT2D eigenvalue weighted by molar-refractivity contribution is 6.11. The smallest absolute Gasteiger partial charge is 0.363 e. The molecule has 1 aliphatic rings. The molecule has 152 valence electrons. The van der Waals surface area contributed by atoms with Crippen LogP contribution in [0.3, 0.4) is 0 Å². The third-order valence-corrected chi connectivity index (χ3v) is 3.91. The summed E-state index contributed by atoms with van der Waals surface area (Å²) in [5, 5.41) is 0. The Morgan fingerprint density at radius 1 is 0.900 bits per heavy atom. The number of carbonyl (C=O) groups is 3. The van der Waals surface area contributed by atoms with E-state index in [1.54, 1.807) is 18.2 Å². The molecule has 0 fully saturated rings. The van der Waals surface area contributed by atoms with E-state index in [1.807, 2.05) is 31.2 Å². The molecule has 0 unspecified atom stereocenters. The third kappa shape index (κ3) is 5.51. The van der Waals surface area contributed by atoms with Crippen molar-refractivity contribution in [1.29, 1.82) is 0 Å².